The van der Waals surface area contributed by atoms with Gasteiger partial charge in [0.2, 0.25) is 5.91 Å². The summed E-state index contributed by atoms with van der Waals surface area (Å²) in [5.74, 6) is -1.23. The Kier molecular flexibility index (Phi) is 6.12. The number of benzene rings is 1. The number of carbonyl (C=O) groups is 2. The molecule has 1 aliphatic rings. The highest BCUT2D eigenvalue weighted by molar-refractivity contribution is 6.01. The average molecular weight is 411 g/mol. The molecule has 10 heteroatoms. The van der Waals surface area contributed by atoms with E-state index < -0.39 is 29.6 Å². The molecular weight excluding hydrogens is 391 g/mol. The summed E-state index contributed by atoms with van der Waals surface area (Å²) in [6.07, 6.45) is -3.24. The number of hydrogen-bond acceptors (Lipinski definition) is 5. The van der Waals surface area contributed by atoms with Gasteiger partial charge in [0.05, 0.1) is 36.4 Å². The van der Waals surface area contributed by atoms with Crippen molar-refractivity contribution in [2.75, 3.05) is 36.5 Å². The Morgan fingerprint density at radius 2 is 1.90 bits per heavy atom. The van der Waals surface area contributed by atoms with Gasteiger partial charge in [0, 0.05) is 13.1 Å². The smallest absolute Gasteiger partial charge is 0.416 e. The van der Waals surface area contributed by atoms with E-state index in [2.05, 4.69) is 10.6 Å². The molecule has 7 nitrogen and oxygen atoms in total. The molecule has 1 fully saturated rings. The molecule has 2 N–H and O–H groups in total. The van der Waals surface area contributed by atoms with Crippen molar-refractivity contribution in [3.05, 3.63) is 47.9 Å². The van der Waals surface area contributed by atoms with Crippen LogP contribution in [0.2, 0.25) is 0 Å². The SMILES string of the molecule is C[C@@H](NC(=O)c1ccco1)C(=O)Nc1cc(C(F)(F)F)ccc1N1CCOCC1. The maximum atomic E-state index is 13.2. The Morgan fingerprint density at radius 1 is 1.17 bits per heavy atom. The summed E-state index contributed by atoms with van der Waals surface area (Å²) >= 11 is 0. The van der Waals surface area contributed by atoms with Gasteiger partial charge < -0.3 is 24.7 Å². The fourth-order valence-electron chi connectivity index (χ4n) is 2.87. The van der Waals surface area contributed by atoms with E-state index in [1.54, 1.807) is 0 Å². The molecule has 3 rings (SSSR count). The van der Waals surface area contributed by atoms with Gasteiger partial charge in [-0.05, 0) is 37.3 Å². The average Bonchev–Trinajstić information content (AvgIpc) is 3.23. The molecule has 1 saturated heterocycles. The van der Waals surface area contributed by atoms with Crippen molar-refractivity contribution in [1.29, 1.82) is 0 Å². The largest absolute Gasteiger partial charge is 0.459 e. The maximum Gasteiger partial charge on any atom is 0.416 e. The van der Waals surface area contributed by atoms with Crippen LogP contribution in [0, 0.1) is 0 Å². The number of nitrogens with zero attached hydrogens (tertiary/aromatic N) is 1. The molecule has 0 spiro atoms. The quantitative estimate of drug-likeness (QED) is 0.791. The highest BCUT2D eigenvalue weighted by Crippen LogP contribution is 2.35. The lowest BCUT2D eigenvalue weighted by atomic mass is 10.1. The first-order chi connectivity index (χ1) is 13.8. The molecule has 0 aliphatic carbocycles. The summed E-state index contributed by atoms with van der Waals surface area (Å²) < 4.78 is 49.7. The zero-order valence-corrected chi connectivity index (χ0v) is 15.6. The predicted octanol–water partition coefficient (Wildman–Crippen LogP) is 2.89. The minimum absolute atomic E-state index is 0.0193. The van der Waals surface area contributed by atoms with Crippen LogP contribution in [0.25, 0.3) is 0 Å². The van der Waals surface area contributed by atoms with Gasteiger partial charge in [0.1, 0.15) is 6.04 Å². The van der Waals surface area contributed by atoms with Crippen molar-refractivity contribution < 1.29 is 31.9 Å². The van der Waals surface area contributed by atoms with E-state index in [0.29, 0.717) is 32.0 Å². The monoisotopic (exact) mass is 411 g/mol. The van der Waals surface area contributed by atoms with Crippen molar-refractivity contribution in [3.8, 4) is 0 Å². The molecule has 0 bridgehead atoms. The number of carbonyl (C=O) groups excluding carboxylic acids is 2. The summed E-state index contributed by atoms with van der Waals surface area (Å²) in [5, 5.41) is 4.95. The lowest BCUT2D eigenvalue weighted by Crippen LogP contribution is -2.42. The van der Waals surface area contributed by atoms with Crippen LogP contribution >= 0.6 is 0 Å². The van der Waals surface area contributed by atoms with Crippen LogP contribution in [0.5, 0.6) is 0 Å². The Morgan fingerprint density at radius 3 is 2.52 bits per heavy atom. The van der Waals surface area contributed by atoms with Crippen LogP contribution in [0.15, 0.2) is 41.0 Å². The number of nitrogens with one attached hydrogen (secondary N) is 2. The lowest BCUT2D eigenvalue weighted by molar-refractivity contribution is -0.137. The second-order valence-corrected chi connectivity index (χ2v) is 6.49. The molecule has 2 aromatic rings. The Labute approximate surface area is 164 Å². The summed E-state index contributed by atoms with van der Waals surface area (Å²) in [5.41, 5.74) is -0.401. The third-order valence-electron chi connectivity index (χ3n) is 4.42. The van der Waals surface area contributed by atoms with E-state index in [1.165, 1.54) is 31.4 Å². The van der Waals surface area contributed by atoms with Crippen molar-refractivity contribution in [3.63, 3.8) is 0 Å². The molecule has 0 radical (unpaired) electrons. The van der Waals surface area contributed by atoms with E-state index in [1.807, 2.05) is 4.90 Å². The molecule has 1 atom stereocenters. The molecule has 2 amide bonds. The topological polar surface area (TPSA) is 83.8 Å². The summed E-state index contributed by atoms with van der Waals surface area (Å²) in [6, 6.07) is 5.15. The van der Waals surface area contributed by atoms with Gasteiger partial charge in [-0.3, -0.25) is 9.59 Å². The first-order valence-corrected chi connectivity index (χ1v) is 8.95. The van der Waals surface area contributed by atoms with E-state index in [4.69, 9.17) is 9.15 Å². The molecule has 0 saturated carbocycles. The Bertz CT molecular complexity index is 862. The van der Waals surface area contributed by atoms with E-state index in [9.17, 15) is 22.8 Å². The summed E-state index contributed by atoms with van der Waals surface area (Å²) in [7, 11) is 0. The summed E-state index contributed by atoms with van der Waals surface area (Å²) in [4.78, 5) is 26.4. The third-order valence-corrected chi connectivity index (χ3v) is 4.42. The molecule has 0 unspecified atom stereocenters. The van der Waals surface area contributed by atoms with Crippen molar-refractivity contribution >= 4 is 23.2 Å². The third kappa shape index (κ3) is 5.08. The van der Waals surface area contributed by atoms with Crippen molar-refractivity contribution in [2.45, 2.75) is 19.1 Å². The highest BCUT2D eigenvalue weighted by Gasteiger charge is 2.32. The second-order valence-electron chi connectivity index (χ2n) is 6.49. The van der Waals surface area contributed by atoms with Gasteiger partial charge in [0.25, 0.3) is 5.91 Å². The van der Waals surface area contributed by atoms with Crippen LogP contribution in [0.3, 0.4) is 0 Å². The van der Waals surface area contributed by atoms with E-state index >= 15 is 0 Å². The van der Waals surface area contributed by atoms with Gasteiger partial charge in [-0.15, -0.1) is 0 Å². The number of alkyl halides is 3. The molecule has 1 aromatic heterocycles. The van der Waals surface area contributed by atoms with Gasteiger partial charge in [0.15, 0.2) is 5.76 Å². The molecule has 1 aliphatic heterocycles. The first kappa shape index (κ1) is 20.7. The number of furan rings is 1. The first-order valence-electron chi connectivity index (χ1n) is 8.95. The van der Waals surface area contributed by atoms with Crippen molar-refractivity contribution in [1.82, 2.24) is 5.32 Å². The van der Waals surface area contributed by atoms with Crippen LogP contribution in [0.1, 0.15) is 23.0 Å². The maximum absolute atomic E-state index is 13.2. The molecular formula is C19H20F3N3O4. The van der Waals surface area contributed by atoms with E-state index in [0.717, 1.165) is 12.1 Å². The normalized spacial score (nSPS) is 15.7. The minimum atomic E-state index is -4.55. The minimum Gasteiger partial charge on any atom is -0.459 e. The van der Waals surface area contributed by atoms with Crippen LogP contribution in [0.4, 0.5) is 24.5 Å². The number of morpholine rings is 1. The number of rotatable bonds is 5. The Balaban J connectivity index is 1.79. The second kappa shape index (κ2) is 8.56. The molecule has 29 heavy (non-hydrogen) atoms. The number of anilines is 2. The zero-order chi connectivity index (χ0) is 21.0. The fraction of sp³-hybridized carbons (Fsp3) is 0.368. The molecule has 1 aromatic carbocycles. The van der Waals surface area contributed by atoms with Gasteiger partial charge in [-0.1, -0.05) is 0 Å². The molecule has 156 valence electrons. The lowest BCUT2D eigenvalue weighted by Gasteiger charge is -2.31. The zero-order valence-electron chi connectivity index (χ0n) is 15.6. The number of hydrogen-bond donors (Lipinski definition) is 2. The van der Waals surface area contributed by atoms with Gasteiger partial charge in [-0.2, -0.15) is 13.2 Å². The van der Waals surface area contributed by atoms with E-state index in [-0.39, 0.29) is 11.4 Å². The summed E-state index contributed by atoms with van der Waals surface area (Å²) in [6.45, 7) is 3.27. The highest BCUT2D eigenvalue weighted by atomic mass is 19.4. The standard InChI is InChI=1S/C19H20F3N3O4/c1-12(23-18(27)16-3-2-8-29-16)17(26)24-14-11-13(19(20,21)22)4-5-15(14)25-6-9-28-10-7-25/h2-5,8,11-12H,6-7,9-10H2,1H3,(H,23,27)(H,24,26)/t12-/m1/s1. The van der Waals surface area contributed by atoms with Crippen LogP contribution < -0.4 is 15.5 Å². The number of halogens is 3. The number of ether oxygens (including phenoxy) is 1. The predicted molar refractivity (Wildman–Crippen MR) is 98.7 cm³/mol. The number of amides is 2. The van der Waals surface area contributed by atoms with Gasteiger partial charge >= 0.3 is 6.18 Å². The Hall–Kier alpha value is -3.01. The molecule has 2 heterocycles. The van der Waals surface area contributed by atoms with Crippen molar-refractivity contribution in [2.24, 2.45) is 0 Å². The van der Waals surface area contributed by atoms with Gasteiger partial charge in [-0.25, -0.2) is 0 Å². The fourth-order valence-corrected chi connectivity index (χ4v) is 2.87. The van der Waals surface area contributed by atoms with Crippen LogP contribution in [-0.2, 0) is 15.7 Å². The van der Waals surface area contributed by atoms with Crippen LogP contribution in [-0.4, -0.2) is 44.2 Å².